The summed E-state index contributed by atoms with van der Waals surface area (Å²) in [6.07, 6.45) is 1.22. The predicted molar refractivity (Wildman–Crippen MR) is 78.1 cm³/mol. The number of anilines is 2. The lowest BCUT2D eigenvalue weighted by Crippen LogP contribution is -2.26. The summed E-state index contributed by atoms with van der Waals surface area (Å²) in [5.74, 6) is -0.236. The molecule has 0 bridgehead atoms. The summed E-state index contributed by atoms with van der Waals surface area (Å²) >= 11 is 0. The molecule has 1 aromatic carbocycles. The molecular formula is C15H22N2O2. The van der Waals surface area contributed by atoms with Gasteiger partial charge in [0.25, 0.3) is 0 Å². The van der Waals surface area contributed by atoms with Crippen molar-refractivity contribution < 1.29 is 9.90 Å². The molecule has 4 heteroatoms. The van der Waals surface area contributed by atoms with Gasteiger partial charge in [-0.25, -0.2) is 0 Å². The van der Waals surface area contributed by atoms with Crippen molar-refractivity contribution in [2.45, 2.75) is 32.6 Å². The van der Waals surface area contributed by atoms with Gasteiger partial charge in [0.15, 0.2) is 0 Å². The molecule has 19 heavy (non-hydrogen) atoms. The largest absolute Gasteiger partial charge is 0.481 e. The minimum absolute atomic E-state index is 0.186. The molecule has 1 aliphatic rings. The highest BCUT2D eigenvalue weighted by Crippen LogP contribution is 2.31. The van der Waals surface area contributed by atoms with E-state index < -0.39 is 5.97 Å². The van der Waals surface area contributed by atoms with Gasteiger partial charge in [0.05, 0.1) is 17.8 Å². The second-order valence-corrected chi connectivity index (χ2v) is 5.34. The van der Waals surface area contributed by atoms with E-state index in [2.05, 4.69) is 42.3 Å². The molecule has 104 valence electrons. The van der Waals surface area contributed by atoms with Crippen LogP contribution in [0.15, 0.2) is 18.2 Å². The van der Waals surface area contributed by atoms with E-state index in [1.54, 1.807) is 0 Å². The first-order valence-electron chi connectivity index (χ1n) is 6.92. The Hall–Kier alpha value is -1.71. The zero-order valence-electron chi connectivity index (χ0n) is 11.6. The average molecular weight is 262 g/mol. The highest BCUT2D eigenvalue weighted by Gasteiger charge is 2.16. The van der Waals surface area contributed by atoms with Gasteiger partial charge in [0.1, 0.15) is 0 Å². The topological polar surface area (TPSA) is 52.6 Å². The molecule has 0 saturated carbocycles. The third-order valence-electron chi connectivity index (χ3n) is 3.54. The van der Waals surface area contributed by atoms with Crippen LogP contribution in [0, 0.1) is 0 Å². The number of nitrogens with zero attached hydrogens (tertiary/aromatic N) is 1. The molecule has 1 aromatic rings. The lowest BCUT2D eigenvalue weighted by Gasteiger charge is -2.24. The Bertz CT molecular complexity index is 457. The molecule has 4 nitrogen and oxygen atoms in total. The van der Waals surface area contributed by atoms with Crippen LogP contribution in [0.4, 0.5) is 11.4 Å². The van der Waals surface area contributed by atoms with Crippen molar-refractivity contribution in [1.29, 1.82) is 0 Å². The molecule has 0 unspecified atom stereocenters. The minimum atomic E-state index is -0.738. The fourth-order valence-corrected chi connectivity index (χ4v) is 2.41. The van der Waals surface area contributed by atoms with E-state index in [-0.39, 0.29) is 6.42 Å². The Labute approximate surface area is 114 Å². The molecule has 2 rings (SSSR count). The molecule has 0 atom stereocenters. The summed E-state index contributed by atoms with van der Waals surface area (Å²) in [6, 6.07) is 6.45. The first-order valence-corrected chi connectivity index (χ1v) is 6.92. The summed E-state index contributed by atoms with van der Waals surface area (Å²) in [7, 11) is 0. The van der Waals surface area contributed by atoms with E-state index in [0.717, 1.165) is 30.9 Å². The number of carboxylic acid groups (broad SMARTS) is 1. The Morgan fingerprint density at radius 3 is 2.95 bits per heavy atom. The molecule has 0 saturated heterocycles. The van der Waals surface area contributed by atoms with Gasteiger partial charge in [-0.05, 0) is 30.0 Å². The highest BCUT2D eigenvalue weighted by molar-refractivity contribution is 5.73. The zero-order valence-corrected chi connectivity index (χ0v) is 11.6. The summed E-state index contributed by atoms with van der Waals surface area (Å²) in [4.78, 5) is 12.9. The molecular weight excluding hydrogens is 240 g/mol. The van der Waals surface area contributed by atoms with Crippen LogP contribution in [0.25, 0.3) is 0 Å². The molecule has 1 aliphatic heterocycles. The Morgan fingerprint density at radius 1 is 1.47 bits per heavy atom. The Morgan fingerprint density at radius 2 is 2.26 bits per heavy atom. The van der Waals surface area contributed by atoms with Gasteiger partial charge >= 0.3 is 5.97 Å². The van der Waals surface area contributed by atoms with Crippen LogP contribution in [-0.4, -0.2) is 30.7 Å². The van der Waals surface area contributed by atoms with Gasteiger partial charge in [-0.2, -0.15) is 0 Å². The Balaban J connectivity index is 2.24. The van der Waals surface area contributed by atoms with E-state index in [1.165, 1.54) is 5.56 Å². The standard InChI is InChI=1S/C15H22N2O2/c1-11(2)12-4-5-14-13(10-12)16-7-3-8-17(14)9-6-15(18)19/h4-5,10-11,16H,3,6-9H2,1-2H3,(H,18,19). The molecule has 2 N–H and O–H groups in total. The summed E-state index contributed by atoms with van der Waals surface area (Å²) in [5, 5.41) is 12.3. The maximum atomic E-state index is 10.7. The van der Waals surface area contributed by atoms with Gasteiger partial charge in [0, 0.05) is 19.6 Å². The van der Waals surface area contributed by atoms with E-state index >= 15 is 0 Å². The number of benzene rings is 1. The molecule has 0 fully saturated rings. The normalized spacial score (nSPS) is 14.8. The van der Waals surface area contributed by atoms with Gasteiger partial charge in [0.2, 0.25) is 0 Å². The van der Waals surface area contributed by atoms with Crippen molar-refractivity contribution >= 4 is 17.3 Å². The van der Waals surface area contributed by atoms with Crippen molar-refractivity contribution in [2.75, 3.05) is 29.9 Å². The van der Waals surface area contributed by atoms with Crippen LogP contribution in [0.2, 0.25) is 0 Å². The van der Waals surface area contributed by atoms with Crippen molar-refractivity contribution in [1.82, 2.24) is 0 Å². The number of aliphatic carboxylic acids is 1. The monoisotopic (exact) mass is 262 g/mol. The van der Waals surface area contributed by atoms with Crippen LogP contribution in [0.3, 0.4) is 0 Å². The third-order valence-corrected chi connectivity index (χ3v) is 3.54. The molecule has 0 aromatic heterocycles. The molecule has 0 aliphatic carbocycles. The van der Waals surface area contributed by atoms with Gasteiger partial charge in [-0.1, -0.05) is 19.9 Å². The number of carbonyl (C=O) groups is 1. The lowest BCUT2D eigenvalue weighted by molar-refractivity contribution is -0.136. The maximum Gasteiger partial charge on any atom is 0.305 e. The molecule has 0 amide bonds. The van der Waals surface area contributed by atoms with Gasteiger partial charge < -0.3 is 15.3 Å². The van der Waals surface area contributed by atoms with Crippen LogP contribution in [0.5, 0.6) is 0 Å². The van der Waals surface area contributed by atoms with E-state index in [4.69, 9.17) is 5.11 Å². The number of carboxylic acids is 1. The fourth-order valence-electron chi connectivity index (χ4n) is 2.41. The van der Waals surface area contributed by atoms with Gasteiger partial charge in [-0.15, -0.1) is 0 Å². The highest BCUT2D eigenvalue weighted by atomic mass is 16.4. The van der Waals surface area contributed by atoms with E-state index in [9.17, 15) is 4.79 Å². The Kier molecular flexibility index (Phi) is 4.30. The van der Waals surface area contributed by atoms with Crippen molar-refractivity contribution in [3.05, 3.63) is 23.8 Å². The van der Waals surface area contributed by atoms with E-state index in [1.807, 2.05) is 0 Å². The molecule has 0 radical (unpaired) electrons. The second-order valence-electron chi connectivity index (χ2n) is 5.34. The summed E-state index contributed by atoms with van der Waals surface area (Å²) in [6.45, 7) is 6.79. The smallest absolute Gasteiger partial charge is 0.305 e. The van der Waals surface area contributed by atoms with Crippen molar-refractivity contribution in [3.8, 4) is 0 Å². The summed E-state index contributed by atoms with van der Waals surface area (Å²) in [5.41, 5.74) is 3.57. The summed E-state index contributed by atoms with van der Waals surface area (Å²) < 4.78 is 0. The predicted octanol–water partition coefficient (Wildman–Crippen LogP) is 2.91. The fraction of sp³-hybridized carbons (Fsp3) is 0.533. The van der Waals surface area contributed by atoms with Gasteiger partial charge in [-0.3, -0.25) is 4.79 Å². The lowest BCUT2D eigenvalue weighted by atomic mass is 10.0. The first-order chi connectivity index (χ1) is 9.08. The van der Waals surface area contributed by atoms with Crippen molar-refractivity contribution in [3.63, 3.8) is 0 Å². The van der Waals surface area contributed by atoms with Crippen LogP contribution >= 0.6 is 0 Å². The van der Waals surface area contributed by atoms with Crippen LogP contribution < -0.4 is 10.2 Å². The SMILES string of the molecule is CC(C)c1ccc2c(c1)NCCCN2CCC(=O)O. The number of hydrogen-bond donors (Lipinski definition) is 2. The number of fused-ring (bicyclic) bond motifs is 1. The minimum Gasteiger partial charge on any atom is -0.481 e. The first kappa shape index (κ1) is 13.7. The molecule has 0 spiro atoms. The number of hydrogen-bond acceptors (Lipinski definition) is 3. The number of rotatable bonds is 4. The van der Waals surface area contributed by atoms with Crippen LogP contribution in [0.1, 0.15) is 38.2 Å². The number of nitrogens with one attached hydrogen (secondary N) is 1. The third kappa shape index (κ3) is 3.40. The molecule has 1 heterocycles. The van der Waals surface area contributed by atoms with Crippen LogP contribution in [-0.2, 0) is 4.79 Å². The quantitative estimate of drug-likeness (QED) is 0.876. The van der Waals surface area contributed by atoms with E-state index in [0.29, 0.717) is 12.5 Å². The van der Waals surface area contributed by atoms with Crippen molar-refractivity contribution in [2.24, 2.45) is 0 Å². The second kappa shape index (κ2) is 5.95. The average Bonchev–Trinajstić information content (AvgIpc) is 2.57. The maximum absolute atomic E-state index is 10.7. The zero-order chi connectivity index (χ0) is 13.8.